The average Bonchev–Trinajstić information content (AvgIpc) is 2.84. The van der Waals surface area contributed by atoms with E-state index in [1.807, 2.05) is 24.3 Å². The number of aromatic nitrogens is 2. The number of benzene rings is 1. The first-order chi connectivity index (χ1) is 9.13. The van der Waals surface area contributed by atoms with Crippen molar-refractivity contribution < 1.29 is 9.90 Å². The molecule has 0 bridgehead atoms. The number of carbonyl (C=O) groups is 1. The quantitative estimate of drug-likeness (QED) is 0.910. The molecule has 5 nitrogen and oxygen atoms in total. The van der Waals surface area contributed by atoms with E-state index in [0.29, 0.717) is 18.7 Å². The summed E-state index contributed by atoms with van der Waals surface area (Å²) in [7, 11) is 0. The Balaban J connectivity index is 1.81. The predicted molar refractivity (Wildman–Crippen MR) is 73.2 cm³/mol. The molecule has 2 heterocycles. The van der Waals surface area contributed by atoms with Gasteiger partial charge in [0.15, 0.2) is 0 Å². The van der Waals surface area contributed by atoms with Crippen LogP contribution in [0.3, 0.4) is 0 Å². The predicted octanol–water partition coefficient (Wildman–Crippen LogP) is 1.45. The number of amides is 1. The highest BCUT2D eigenvalue weighted by molar-refractivity contribution is 9.10. The van der Waals surface area contributed by atoms with Gasteiger partial charge in [-0.05, 0) is 18.2 Å². The van der Waals surface area contributed by atoms with Gasteiger partial charge < -0.3 is 10.0 Å². The fourth-order valence-electron chi connectivity index (χ4n) is 2.00. The number of aliphatic hydroxyl groups excluding tert-OH is 1. The van der Waals surface area contributed by atoms with Gasteiger partial charge in [-0.25, -0.2) is 4.68 Å². The van der Waals surface area contributed by atoms with Crippen LogP contribution in [-0.2, 0) is 0 Å². The van der Waals surface area contributed by atoms with Crippen molar-refractivity contribution in [3.8, 4) is 5.69 Å². The molecule has 0 spiro atoms. The maximum atomic E-state index is 12.0. The highest BCUT2D eigenvalue weighted by atomic mass is 79.9. The summed E-state index contributed by atoms with van der Waals surface area (Å²) in [5.74, 6) is -0.0912. The average molecular weight is 322 g/mol. The van der Waals surface area contributed by atoms with Gasteiger partial charge in [-0.15, -0.1) is 0 Å². The zero-order chi connectivity index (χ0) is 13.4. The highest BCUT2D eigenvalue weighted by Gasteiger charge is 2.30. The van der Waals surface area contributed by atoms with Crippen molar-refractivity contribution in [3.05, 3.63) is 46.7 Å². The molecule has 1 saturated heterocycles. The number of carbonyl (C=O) groups excluding carboxylic acids is 1. The maximum absolute atomic E-state index is 12.0. The molecule has 3 rings (SSSR count). The Kier molecular flexibility index (Phi) is 3.12. The van der Waals surface area contributed by atoms with Crippen molar-refractivity contribution in [2.24, 2.45) is 0 Å². The first-order valence-electron chi connectivity index (χ1n) is 5.91. The Bertz CT molecular complexity index is 620. The Morgan fingerprint density at radius 2 is 2.21 bits per heavy atom. The summed E-state index contributed by atoms with van der Waals surface area (Å²) in [6.07, 6.45) is 2.87. The summed E-state index contributed by atoms with van der Waals surface area (Å²) in [4.78, 5) is 13.6. The fraction of sp³-hybridized carbons (Fsp3) is 0.231. The second kappa shape index (κ2) is 4.79. The number of β-amino-alcohol motifs (C(OH)–C–C–N with tert-alkyl or cyclic N) is 1. The van der Waals surface area contributed by atoms with Gasteiger partial charge in [-0.1, -0.05) is 22.0 Å². The lowest BCUT2D eigenvalue weighted by molar-refractivity contribution is 0.00589. The fourth-order valence-corrected chi connectivity index (χ4v) is 2.38. The lowest BCUT2D eigenvalue weighted by atomic mass is 10.1. The van der Waals surface area contributed by atoms with Crippen LogP contribution in [0.4, 0.5) is 0 Å². The minimum atomic E-state index is -0.385. The van der Waals surface area contributed by atoms with Gasteiger partial charge in [0.2, 0.25) is 0 Å². The second-order valence-electron chi connectivity index (χ2n) is 4.52. The Labute approximate surface area is 118 Å². The summed E-state index contributed by atoms with van der Waals surface area (Å²) in [5.41, 5.74) is 1.42. The molecule has 0 saturated carbocycles. The Hall–Kier alpha value is -1.66. The van der Waals surface area contributed by atoms with Crippen molar-refractivity contribution in [2.75, 3.05) is 13.1 Å². The highest BCUT2D eigenvalue weighted by Crippen LogP contribution is 2.17. The molecule has 0 aliphatic carbocycles. The lowest BCUT2D eigenvalue weighted by Crippen LogP contribution is -2.53. The smallest absolute Gasteiger partial charge is 0.257 e. The number of nitrogens with zero attached hydrogens (tertiary/aromatic N) is 3. The van der Waals surface area contributed by atoms with Crippen LogP contribution in [0.15, 0.2) is 41.1 Å². The van der Waals surface area contributed by atoms with Crippen LogP contribution < -0.4 is 0 Å². The van der Waals surface area contributed by atoms with E-state index < -0.39 is 0 Å². The molecule has 0 radical (unpaired) electrons. The van der Waals surface area contributed by atoms with Crippen LogP contribution in [0.2, 0.25) is 0 Å². The molecule has 1 amide bonds. The normalized spacial score (nSPS) is 15.4. The standard InChI is InChI=1S/C13H12BrN3O2/c14-10-2-1-3-11(4-10)17-6-9(5-15-17)13(19)16-7-12(18)8-16/h1-6,12,18H,7-8H2. The van der Waals surface area contributed by atoms with E-state index in [-0.39, 0.29) is 12.0 Å². The van der Waals surface area contributed by atoms with Crippen LogP contribution >= 0.6 is 15.9 Å². The molecule has 2 aromatic rings. The molecule has 0 atom stereocenters. The molecule has 6 heteroatoms. The van der Waals surface area contributed by atoms with Crippen molar-refractivity contribution >= 4 is 21.8 Å². The summed E-state index contributed by atoms with van der Waals surface area (Å²) < 4.78 is 2.62. The first kappa shape index (κ1) is 12.4. The van der Waals surface area contributed by atoms with Gasteiger partial charge in [0.1, 0.15) is 0 Å². The van der Waals surface area contributed by atoms with E-state index in [2.05, 4.69) is 21.0 Å². The summed E-state index contributed by atoms with van der Waals surface area (Å²) >= 11 is 3.40. The van der Waals surface area contributed by atoms with E-state index in [1.54, 1.807) is 22.0 Å². The third-order valence-electron chi connectivity index (χ3n) is 3.05. The minimum Gasteiger partial charge on any atom is -0.389 e. The largest absolute Gasteiger partial charge is 0.389 e. The number of rotatable bonds is 2. The van der Waals surface area contributed by atoms with E-state index in [4.69, 9.17) is 0 Å². The van der Waals surface area contributed by atoms with Crippen molar-refractivity contribution in [2.45, 2.75) is 6.10 Å². The van der Waals surface area contributed by atoms with Crippen molar-refractivity contribution in [1.29, 1.82) is 0 Å². The molecular weight excluding hydrogens is 310 g/mol. The first-order valence-corrected chi connectivity index (χ1v) is 6.71. The maximum Gasteiger partial charge on any atom is 0.257 e. The molecule has 0 unspecified atom stereocenters. The number of aliphatic hydroxyl groups is 1. The van der Waals surface area contributed by atoms with Gasteiger partial charge in [-0.2, -0.15) is 5.10 Å². The molecular formula is C13H12BrN3O2. The summed E-state index contributed by atoms with van der Waals surface area (Å²) in [6.45, 7) is 0.807. The van der Waals surface area contributed by atoms with Crippen LogP contribution in [0.5, 0.6) is 0 Å². The Morgan fingerprint density at radius 3 is 2.89 bits per heavy atom. The van der Waals surface area contributed by atoms with Crippen LogP contribution in [0.25, 0.3) is 5.69 Å². The van der Waals surface area contributed by atoms with Crippen LogP contribution in [-0.4, -0.2) is 44.9 Å². The van der Waals surface area contributed by atoms with Crippen LogP contribution in [0.1, 0.15) is 10.4 Å². The number of halogens is 1. The molecule has 98 valence electrons. The monoisotopic (exact) mass is 321 g/mol. The summed E-state index contributed by atoms with van der Waals surface area (Å²) in [6, 6.07) is 7.68. The van der Waals surface area contributed by atoms with Gasteiger partial charge in [0.05, 0.1) is 23.6 Å². The van der Waals surface area contributed by atoms with Crippen molar-refractivity contribution in [1.82, 2.24) is 14.7 Å². The zero-order valence-electron chi connectivity index (χ0n) is 10.0. The van der Waals surface area contributed by atoms with Gasteiger partial charge in [-0.3, -0.25) is 4.79 Å². The Morgan fingerprint density at radius 1 is 1.42 bits per heavy atom. The van der Waals surface area contributed by atoms with E-state index >= 15 is 0 Å². The van der Waals surface area contributed by atoms with E-state index in [1.165, 1.54) is 0 Å². The molecule has 1 aliphatic rings. The minimum absolute atomic E-state index is 0.0912. The molecule has 1 aliphatic heterocycles. The van der Waals surface area contributed by atoms with Crippen molar-refractivity contribution in [3.63, 3.8) is 0 Å². The number of hydrogen-bond acceptors (Lipinski definition) is 3. The molecule has 1 fully saturated rings. The summed E-state index contributed by atoms with van der Waals surface area (Å²) in [5, 5.41) is 13.4. The van der Waals surface area contributed by atoms with Gasteiger partial charge in [0.25, 0.3) is 5.91 Å². The van der Waals surface area contributed by atoms with Crippen LogP contribution in [0, 0.1) is 0 Å². The zero-order valence-corrected chi connectivity index (χ0v) is 11.6. The third-order valence-corrected chi connectivity index (χ3v) is 3.55. The second-order valence-corrected chi connectivity index (χ2v) is 5.43. The molecule has 1 aromatic heterocycles. The topological polar surface area (TPSA) is 58.4 Å². The van der Waals surface area contributed by atoms with Gasteiger partial charge >= 0.3 is 0 Å². The van der Waals surface area contributed by atoms with Gasteiger partial charge in [0, 0.05) is 23.8 Å². The number of hydrogen-bond donors (Lipinski definition) is 1. The molecule has 1 aromatic carbocycles. The van der Waals surface area contributed by atoms with E-state index in [9.17, 15) is 9.90 Å². The molecule has 1 N–H and O–H groups in total. The SMILES string of the molecule is O=C(c1cnn(-c2cccc(Br)c2)c1)N1CC(O)C1. The van der Waals surface area contributed by atoms with E-state index in [0.717, 1.165) is 10.2 Å². The third kappa shape index (κ3) is 2.41. The number of likely N-dealkylation sites (tertiary alicyclic amines) is 1. The molecule has 19 heavy (non-hydrogen) atoms. The lowest BCUT2D eigenvalue weighted by Gasteiger charge is -2.35.